The number of amides is 1. The smallest absolute Gasteiger partial charge is 0.351 e. The van der Waals surface area contributed by atoms with E-state index in [0.29, 0.717) is 14.9 Å². The van der Waals surface area contributed by atoms with Crippen LogP contribution < -0.4 is 10.6 Å². The first-order chi connectivity index (χ1) is 11.7. The average molecular weight is 432 g/mol. The molecule has 0 fully saturated rings. The van der Waals surface area contributed by atoms with E-state index in [2.05, 4.69) is 25.8 Å². The molecule has 25 heavy (non-hydrogen) atoms. The Bertz CT molecular complexity index is 772. The summed E-state index contributed by atoms with van der Waals surface area (Å²) in [6.07, 6.45) is -2.98. The van der Waals surface area contributed by atoms with Gasteiger partial charge in [-0.25, -0.2) is 4.98 Å². The van der Waals surface area contributed by atoms with E-state index in [-0.39, 0.29) is 21.7 Å². The first-order valence-corrected chi connectivity index (χ1v) is 9.09. The van der Waals surface area contributed by atoms with E-state index < -0.39 is 18.6 Å². The SMILES string of the molecule is Cc1c(Cl)cnc(NC(=O)CSc2nnc(NCC(F)(F)F)s2)c1Cl. The van der Waals surface area contributed by atoms with Crippen LogP contribution in [0.25, 0.3) is 0 Å². The fourth-order valence-corrected chi connectivity index (χ4v) is 3.39. The fraction of sp³-hybridized carbons (Fsp3) is 0.333. The lowest BCUT2D eigenvalue weighted by molar-refractivity contribution is -0.115. The van der Waals surface area contributed by atoms with Crippen LogP contribution in [0.1, 0.15) is 5.56 Å². The number of nitrogens with one attached hydrogen (secondary N) is 2. The van der Waals surface area contributed by atoms with Crippen LogP contribution in [0.15, 0.2) is 10.5 Å². The second kappa shape index (κ2) is 8.39. The average Bonchev–Trinajstić information content (AvgIpc) is 2.99. The van der Waals surface area contributed by atoms with E-state index in [1.165, 1.54) is 6.20 Å². The largest absolute Gasteiger partial charge is 0.405 e. The maximum absolute atomic E-state index is 12.1. The number of carbonyl (C=O) groups is 1. The number of hydrogen-bond donors (Lipinski definition) is 2. The number of nitrogens with zero attached hydrogens (tertiary/aromatic N) is 3. The molecule has 0 spiro atoms. The molecule has 0 aliphatic rings. The lowest BCUT2D eigenvalue weighted by Crippen LogP contribution is -2.21. The molecule has 2 heterocycles. The molecule has 0 radical (unpaired) electrons. The third-order valence-corrected chi connectivity index (χ3v) is 5.49. The van der Waals surface area contributed by atoms with Crippen molar-refractivity contribution in [2.24, 2.45) is 0 Å². The molecule has 0 saturated carbocycles. The molecule has 136 valence electrons. The minimum Gasteiger partial charge on any atom is -0.351 e. The van der Waals surface area contributed by atoms with Gasteiger partial charge in [0.1, 0.15) is 6.54 Å². The van der Waals surface area contributed by atoms with Gasteiger partial charge in [0, 0.05) is 6.20 Å². The van der Waals surface area contributed by atoms with Crippen LogP contribution in [0, 0.1) is 6.92 Å². The zero-order chi connectivity index (χ0) is 18.6. The van der Waals surface area contributed by atoms with Crippen molar-refractivity contribution in [2.45, 2.75) is 17.4 Å². The topological polar surface area (TPSA) is 79.8 Å². The zero-order valence-electron chi connectivity index (χ0n) is 12.4. The van der Waals surface area contributed by atoms with Crippen molar-refractivity contribution in [3.05, 3.63) is 21.8 Å². The summed E-state index contributed by atoms with van der Waals surface area (Å²) in [5.41, 5.74) is 0.589. The van der Waals surface area contributed by atoms with Gasteiger partial charge in [-0.3, -0.25) is 4.79 Å². The van der Waals surface area contributed by atoms with Gasteiger partial charge >= 0.3 is 6.18 Å². The van der Waals surface area contributed by atoms with Crippen LogP contribution in [0.5, 0.6) is 0 Å². The third-order valence-electron chi connectivity index (χ3n) is 2.63. The number of rotatable bonds is 6. The molecule has 0 aromatic carbocycles. The van der Waals surface area contributed by atoms with Gasteiger partial charge < -0.3 is 10.6 Å². The summed E-state index contributed by atoms with van der Waals surface area (Å²) in [7, 11) is 0. The van der Waals surface area contributed by atoms with Crippen LogP contribution in [0.2, 0.25) is 10.0 Å². The lowest BCUT2D eigenvalue weighted by atomic mass is 10.3. The summed E-state index contributed by atoms with van der Waals surface area (Å²) in [6.45, 7) is 0.486. The summed E-state index contributed by atoms with van der Waals surface area (Å²) in [6, 6.07) is 0. The summed E-state index contributed by atoms with van der Waals surface area (Å²) >= 11 is 13.9. The standard InChI is InChI=1S/C12H10Cl2F3N5OS2/c1-5-6(13)2-18-9(8(5)14)20-7(23)3-24-11-22-21-10(25-11)19-4-12(15,16)17/h2H,3-4H2,1H3,(H,19,21)(H,18,20,23). The molecule has 13 heteroatoms. The van der Waals surface area contributed by atoms with Crippen LogP contribution >= 0.6 is 46.3 Å². The van der Waals surface area contributed by atoms with Crippen molar-refractivity contribution in [2.75, 3.05) is 22.9 Å². The Morgan fingerprint density at radius 1 is 1.36 bits per heavy atom. The summed E-state index contributed by atoms with van der Waals surface area (Å²) in [4.78, 5) is 15.9. The zero-order valence-corrected chi connectivity index (χ0v) is 15.6. The van der Waals surface area contributed by atoms with E-state index >= 15 is 0 Å². The maximum atomic E-state index is 12.1. The van der Waals surface area contributed by atoms with Gasteiger partial charge in [0.25, 0.3) is 0 Å². The summed E-state index contributed by atoms with van der Waals surface area (Å²) in [5, 5.41) is 12.6. The molecule has 0 aliphatic heterocycles. The van der Waals surface area contributed by atoms with Gasteiger partial charge in [0.2, 0.25) is 11.0 Å². The highest BCUT2D eigenvalue weighted by Crippen LogP contribution is 2.29. The first-order valence-electron chi connectivity index (χ1n) is 6.53. The molecule has 2 rings (SSSR count). The van der Waals surface area contributed by atoms with Crippen molar-refractivity contribution in [3.63, 3.8) is 0 Å². The van der Waals surface area contributed by atoms with E-state index in [4.69, 9.17) is 23.2 Å². The molecule has 0 aliphatic carbocycles. The first kappa shape index (κ1) is 20.0. The normalized spacial score (nSPS) is 11.4. The number of carbonyl (C=O) groups excluding carboxylic acids is 1. The van der Waals surface area contributed by atoms with Crippen LogP contribution in [0.3, 0.4) is 0 Å². The molecule has 0 unspecified atom stereocenters. The number of thioether (sulfide) groups is 1. The fourth-order valence-electron chi connectivity index (χ4n) is 1.46. The molecule has 2 aromatic heterocycles. The number of alkyl halides is 3. The third kappa shape index (κ3) is 6.17. The van der Waals surface area contributed by atoms with Gasteiger partial charge in [0.05, 0.1) is 15.8 Å². The Morgan fingerprint density at radius 3 is 2.76 bits per heavy atom. The maximum Gasteiger partial charge on any atom is 0.405 e. The minimum atomic E-state index is -4.35. The molecular formula is C12H10Cl2F3N5OS2. The highest BCUT2D eigenvalue weighted by molar-refractivity contribution is 8.01. The van der Waals surface area contributed by atoms with Crippen molar-refractivity contribution in [1.29, 1.82) is 0 Å². The predicted molar refractivity (Wildman–Crippen MR) is 92.8 cm³/mol. The molecule has 0 saturated heterocycles. The van der Waals surface area contributed by atoms with Crippen molar-refractivity contribution >= 4 is 63.2 Å². The summed E-state index contributed by atoms with van der Waals surface area (Å²) < 4.78 is 36.7. The monoisotopic (exact) mass is 431 g/mol. The molecule has 2 aromatic rings. The molecule has 6 nitrogen and oxygen atoms in total. The lowest BCUT2D eigenvalue weighted by Gasteiger charge is -2.08. The van der Waals surface area contributed by atoms with Crippen molar-refractivity contribution < 1.29 is 18.0 Å². The minimum absolute atomic E-state index is 0.0262. The number of aromatic nitrogens is 3. The highest BCUT2D eigenvalue weighted by atomic mass is 35.5. The van der Waals surface area contributed by atoms with E-state index in [9.17, 15) is 18.0 Å². The Balaban J connectivity index is 1.86. The van der Waals surface area contributed by atoms with E-state index in [1.807, 2.05) is 0 Å². The van der Waals surface area contributed by atoms with Crippen molar-refractivity contribution in [1.82, 2.24) is 15.2 Å². The summed E-state index contributed by atoms with van der Waals surface area (Å²) in [5.74, 6) is -0.256. The Hall–Kier alpha value is -1.30. The van der Waals surface area contributed by atoms with Gasteiger partial charge in [-0.15, -0.1) is 10.2 Å². The predicted octanol–water partition coefficient (Wildman–Crippen LogP) is 4.25. The van der Waals surface area contributed by atoms with Gasteiger partial charge in [-0.2, -0.15) is 13.2 Å². The second-order valence-electron chi connectivity index (χ2n) is 4.57. The highest BCUT2D eigenvalue weighted by Gasteiger charge is 2.27. The quantitative estimate of drug-likeness (QED) is 0.665. The number of pyridine rings is 1. The molecule has 0 atom stereocenters. The Kier molecular flexibility index (Phi) is 6.72. The molecule has 2 N–H and O–H groups in total. The van der Waals surface area contributed by atoms with E-state index in [0.717, 1.165) is 23.1 Å². The number of anilines is 2. The molecular weight excluding hydrogens is 422 g/mol. The van der Waals surface area contributed by atoms with Crippen LogP contribution in [-0.4, -0.2) is 39.6 Å². The van der Waals surface area contributed by atoms with Gasteiger partial charge in [0.15, 0.2) is 10.2 Å². The van der Waals surface area contributed by atoms with Crippen molar-refractivity contribution in [3.8, 4) is 0 Å². The molecule has 0 bridgehead atoms. The number of halogens is 5. The van der Waals surface area contributed by atoms with Gasteiger partial charge in [-0.1, -0.05) is 46.3 Å². The van der Waals surface area contributed by atoms with Gasteiger partial charge in [-0.05, 0) is 12.5 Å². The molecule has 1 amide bonds. The second-order valence-corrected chi connectivity index (χ2v) is 7.56. The number of hydrogen-bond acceptors (Lipinski definition) is 7. The Morgan fingerprint density at radius 2 is 2.08 bits per heavy atom. The van der Waals surface area contributed by atoms with E-state index in [1.54, 1.807) is 6.92 Å². The van der Waals surface area contributed by atoms with Crippen LogP contribution in [-0.2, 0) is 4.79 Å². The van der Waals surface area contributed by atoms with Crippen LogP contribution in [0.4, 0.5) is 24.1 Å². The Labute approximate surface area is 158 Å².